The van der Waals surface area contributed by atoms with Crippen LogP contribution in [-0.2, 0) is 22.4 Å². The second kappa shape index (κ2) is 13.7. The standard InChI is InChI=1S/C33H30F7N3O6S2/c1-31(2,46)17-10-12-43(13-11-17)51(47,48)20-6-9-25(49-3)22(16-20)29(44)42-27-21-7-4-18(32(35,36)37)14-26(21)50-28(27)30(45)41-19-5-8-24(34)23(15-19)33(38,39)40/h4-9,14-17,46H,10-13H2,1-3H3,(H,41,45)(H,42,44). The fourth-order valence-corrected chi connectivity index (χ4v) is 8.31. The number of rotatable bonds is 8. The molecule has 0 spiro atoms. The first-order valence-corrected chi connectivity index (χ1v) is 17.4. The predicted octanol–water partition coefficient (Wildman–Crippen LogP) is 7.76. The summed E-state index contributed by atoms with van der Waals surface area (Å²) in [5.74, 6) is -4.01. The first kappa shape index (κ1) is 38.0. The van der Waals surface area contributed by atoms with Crippen LogP contribution in [-0.4, -0.2) is 55.4 Å². The van der Waals surface area contributed by atoms with Gasteiger partial charge in [0.1, 0.15) is 16.4 Å². The lowest BCUT2D eigenvalue weighted by molar-refractivity contribution is -0.140. The van der Waals surface area contributed by atoms with E-state index in [0.29, 0.717) is 42.4 Å². The highest BCUT2D eigenvalue weighted by Crippen LogP contribution is 2.41. The number of fused-ring (bicyclic) bond motifs is 1. The van der Waals surface area contributed by atoms with E-state index in [1.807, 2.05) is 0 Å². The van der Waals surface area contributed by atoms with Crippen LogP contribution >= 0.6 is 11.3 Å². The van der Waals surface area contributed by atoms with Crippen molar-refractivity contribution >= 4 is 54.6 Å². The van der Waals surface area contributed by atoms with E-state index in [4.69, 9.17) is 4.74 Å². The maximum Gasteiger partial charge on any atom is 0.419 e. The number of benzene rings is 3. The third-order valence-corrected chi connectivity index (χ3v) is 11.5. The van der Waals surface area contributed by atoms with Gasteiger partial charge in [0.25, 0.3) is 11.8 Å². The van der Waals surface area contributed by atoms with Gasteiger partial charge < -0.3 is 20.5 Å². The third-order valence-electron chi connectivity index (χ3n) is 8.50. The molecule has 0 radical (unpaired) electrons. The smallest absolute Gasteiger partial charge is 0.419 e. The number of alkyl halides is 6. The van der Waals surface area contributed by atoms with Crippen molar-refractivity contribution in [1.29, 1.82) is 0 Å². The Morgan fingerprint density at radius 3 is 2.16 bits per heavy atom. The van der Waals surface area contributed by atoms with Crippen molar-refractivity contribution in [3.63, 3.8) is 0 Å². The second-order valence-corrected chi connectivity index (χ2v) is 15.3. The van der Waals surface area contributed by atoms with E-state index < -0.39 is 67.3 Å². The first-order valence-electron chi connectivity index (χ1n) is 15.1. The number of carbonyl (C=O) groups is 2. The number of piperidine rings is 1. The summed E-state index contributed by atoms with van der Waals surface area (Å²) in [4.78, 5) is 26.5. The highest BCUT2D eigenvalue weighted by molar-refractivity contribution is 7.89. The average Bonchev–Trinajstić information content (AvgIpc) is 3.41. The summed E-state index contributed by atoms with van der Waals surface area (Å²) < 4.78 is 128. The van der Waals surface area contributed by atoms with Gasteiger partial charge in [0.2, 0.25) is 10.0 Å². The van der Waals surface area contributed by atoms with Crippen LogP contribution in [0.25, 0.3) is 10.1 Å². The number of amides is 2. The van der Waals surface area contributed by atoms with Crippen LogP contribution < -0.4 is 15.4 Å². The molecule has 51 heavy (non-hydrogen) atoms. The van der Waals surface area contributed by atoms with Crippen molar-refractivity contribution in [3.8, 4) is 5.75 Å². The Morgan fingerprint density at radius 2 is 1.57 bits per heavy atom. The first-order chi connectivity index (χ1) is 23.6. The zero-order valence-corrected chi connectivity index (χ0v) is 28.6. The normalized spacial score (nSPS) is 15.2. The summed E-state index contributed by atoms with van der Waals surface area (Å²) in [5.41, 5.74) is -4.92. The van der Waals surface area contributed by atoms with E-state index in [1.54, 1.807) is 13.8 Å². The number of aliphatic hydroxyl groups is 1. The minimum absolute atomic E-state index is 0.0426. The van der Waals surface area contributed by atoms with Crippen LogP contribution in [0.4, 0.5) is 42.1 Å². The lowest BCUT2D eigenvalue weighted by Gasteiger charge is -2.37. The van der Waals surface area contributed by atoms with Gasteiger partial charge in [0.15, 0.2) is 0 Å². The van der Waals surface area contributed by atoms with Crippen LogP contribution in [0.15, 0.2) is 59.5 Å². The Bertz CT molecular complexity index is 2100. The monoisotopic (exact) mass is 761 g/mol. The molecule has 9 nitrogen and oxygen atoms in total. The zero-order valence-electron chi connectivity index (χ0n) is 27.0. The molecule has 3 aromatic carbocycles. The fraction of sp³-hybridized carbons (Fsp3) is 0.333. The van der Waals surface area contributed by atoms with E-state index in [9.17, 15) is 53.8 Å². The van der Waals surface area contributed by atoms with Crippen molar-refractivity contribution in [2.45, 2.75) is 49.5 Å². The summed E-state index contributed by atoms with van der Waals surface area (Å²) in [6.07, 6.45) is -9.13. The number of carbonyl (C=O) groups excluding carboxylic acids is 2. The van der Waals surface area contributed by atoms with Gasteiger partial charge in [0, 0.05) is 28.9 Å². The Kier molecular flexibility index (Phi) is 10.2. The molecule has 274 valence electrons. The minimum Gasteiger partial charge on any atom is -0.496 e. The highest BCUT2D eigenvalue weighted by Gasteiger charge is 2.37. The summed E-state index contributed by atoms with van der Waals surface area (Å²) in [5, 5.41) is 14.9. The number of sulfonamides is 1. The van der Waals surface area contributed by atoms with Gasteiger partial charge in [-0.25, -0.2) is 12.8 Å². The molecule has 1 aromatic heterocycles. The van der Waals surface area contributed by atoms with Crippen LogP contribution in [0.1, 0.15) is 57.8 Å². The lowest BCUT2D eigenvalue weighted by atomic mass is 9.84. The van der Waals surface area contributed by atoms with Crippen LogP contribution in [0.3, 0.4) is 0 Å². The molecule has 2 heterocycles. The molecule has 0 bridgehead atoms. The Morgan fingerprint density at radius 1 is 0.902 bits per heavy atom. The van der Waals surface area contributed by atoms with Gasteiger partial charge in [-0.15, -0.1) is 11.3 Å². The Labute approximate surface area is 291 Å². The number of methoxy groups -OCH3 is 1. The molecule has 0 unspecified atom stereocenters. The number of halogens is 7. The summed E-state index contributed by atoms with van der Waals surface area (Å²) in [7, 11) is -2.95. The lowest BCUT2D eigenvalue weighted by Crippen LogP contribution is -2.44. The Hall–Kier alpha value is -4.26. The number of hydrogen-bond acceptors (Lipinski definition) is 7. The number of hydrogen-bond donors (Lipinski definition) is 3. The molecule has 5 rings (SSSR count). The van der Waals surface area contributed by atoms with Crippen molar-refractivity contribution in [3.05, 3.63) is 82.0 Å². The number of thiophene rings is 1. The molecule has 0 atom stereocenters. The fourth-order valence-electron chi connectivity index (χ4n) is 5.72. The van der Waals surface area contributed by atoms with Crippen LogP contribution in [0.5, 0.6) is 5.75 Å². The molecule has 1 aliphatic heterocycles. The van der Waals surface area contributed by atoms with Crippen LogP contribution in [0.2, 0.25) is 0 Å². The van der Waals surface area contributed by atoms with E-state index >= 15 is 0 Å². The molecule has 1 aliphatic rings. The zero-order chi connectivity index (χ0) is 37.7. The van der Waals surface area contributed by atoms with Gasteiger partial charge in [-0.1, -0.05) is 6.07 Å². The Balaban J connectivity index is 1.52. The molecule has 4 aromatic rings. The van der Waals surface area contributed by atoms with Crippen molar-refractivity contribution < 1.29 is 58.6 Å². The number of nitrogens with zero attached hydrogens (tertiary/aromatic N) is 1. The SMILES string of the molecule is COc1ccc(S(=O)(=O)N2CCC(C(C)(C)O)CC2)cc1C(=O)Nc1c(C(=O)Nc2ccc(F)c(C(F)(F)F)c2)sc2cc(C(F)(F)F)ccc12. The third kappa shape index (κ3) is 7.98. The maximum atomic E-state index is 13.9. The quantitative estimate of drug-likeness (QED) is 0.158. The minimum atomic E-state index is -5.11. The van der Waals surface area contributed by atoms with Gasteiger partial charge in [-0.3, -0.25) is 9.59 Å². The number of ether oxygens (including phenoxy) is 1. The molecule has 1 fully saturated rings. The van der Waals surface area contributed by atoms with E-state index in [2.05, 4.69) is 10.6 Å². The van der Waals surface area contributed by atoms with Crippen molar-refractivity contribution in [1.82, 2.24) is 4.31 Å². The molecular weight excluding hydrogens is 731 g/mol. The van der Waals surface area contributed by atoms with E-state index in [1.165, 1.54) is 23.5 Å². The summed E-state index contributed by atoms with van der Waals surface area (Å²) in [6, 6.07) is 7.58. The molecule has 0 aliphatic carbocycles. The molecule has 2 amide bonds. The van der Waals surface area contributed by atoms with Gasteiger partial charge in [-0.05, 0) is 81.1 Å². The summed E-state index contributed by atoms with van der Waals surface area (Å²) >= 11 is 0.495. The maximum absolute atomic E-state index is 13.9. The largest absolute Gasteiger partial charge is 0.496 e. The molecule has 18 heteroatoms. The van der Waals surface area contributed by atoms with Crippen molar-refractivity contribution in [2.75, 3.05) is 30.8 Å². The van der Waals surface area contributed by atoms with Crippen LogP contribution in [0, 0.1) is 11.7 Å². The van der Waals surface area contributed by atoms with E-state index in [0.717, 1.165) is 24.3 Å². The molecular formula is C33H30F7N3O6S2. The number of nitrogens with one attached hydrogen (secondary N) is 2. The second-order valence-electron chi connectivity index (χ2n) is 12.3. The number of anilines is 2. The molecule has 1 saturated heterocycles. The molecule has 0 saturated carbocycles. The van der Waals surface area contributed by atoms with Gasteiger partial charge in [0.05, 0.1) is 40.0 Å². The predicted molar refractivity (Wildman–Crippen MR) is 175 cm³/mol. The topological polar surface area (TPSA) is 125 Å². The molecule has 3 N–H and O–H groups in total. The van der Waals surface area contributed by atoms with Crippen molar-refractivity contribution in [2.24, 2.45) is 5.92 Å². The van der Waals surface area contributed by atoms with Gasteiger partial charge >= 0.3 is 12.4 Å². The summed E-state index contributed by atoms with van der Waals surface area (Å²) in [6.45, 7) is 3.48. The van der Waals surface area contributed by atoms with Gasteiger partial charge in [-0.2, -0.15) is 30.6 Å². The highest BCUT2D eigenvalue weighted by atomic mass is 32.2. The van der Waals surface area contributed by atoms with E-state index in [-0.39, 0.29) is 51.0 Å². The average molecular weight is 762 g/mol.